The van der Waals surface area contributed by atoms with Gasteiger partial charge in [0.1, 0.15) is 0 Å². The molecule has 0 radical (unpaired) electrons. The van der Waals surface area contributed by atoms with E-state index in [-0.39, 0.29) is 24.8 Å². The molecule has 0 unspecified atom stereocenters. The zero-order valence-electron chi connectivity index (χ0n) is 16.4. The van der Waals surface area contributed by atoms with Gasteiger partial charge in [0.15, 0.2) is 0 Å². The Bertz CT molecular complexity index is 959. The first kappa shape index (κ1) is 19.6. The quantitative estimate of drug-likeness (QED) is 0.685. The lowest BCUT2D eigenvalue weighted by molar-refractivity contribution is -0.132. The number of rotatable bonds is 7. The van der Waals surface area contributed by atoms with Gasteiger partial charge in [-0.1, -0.05) is 73.7 Å². The number of aryl methyl sites for hydroxylation is 1. The Balaban J connectivity index is 1.52. The SMILES string of the molecule is CCc1ccc(CN(C)C(=O)CNC(=O)Cc2cccc3ccccc23)cc1. The molecule has 28 heavy (non-hydrogen) atoms. The van der Waals surface area contributed by atoms with E-state index in [1.807, 2.05) is 54.6 Å². The number of hydrogen-bond acceptors (Lipinski definition) is 2. The maximum absolute atomic E-state index is 12.4. The second-order valence-electron chi connectivity index (χ2n) is 7.01. The number of likely N-dealkylation sites (N-methyl/N-ethyl adjacent to an activating group) is 1. The van der Waals surface area contributed by atoms with Crippen LogP contribution in [-0.2, 0) is 29.0 Å². The monoisotopic (exact) mass is 374 g/mol. The fourth-order valence-electron chi connectivity index (χ4n) is 3.23. The Morgan fingerprint density at radius 2 is 1.57 bits per heavy atom. The van der Waals surface area contributed by atoms with Gasteiger partial charge in [-0.05, 0) is 33.9 Å². The summed E-state index contributed by atoms with van der Waals surface area (Å²) in [6.07, 6.45) is 1.26. The molecule has 0 fully saturated rings. The van der Waals surface area contributed by atoms with Crippen molar-refractivity contribution in [3.05, 3.63) is 83.4 Å². The third-order valence-corrected chi connectivity index (χ3v) is 4.94. The van der Waals surface area contributed by atoms with E-state index in [4.69, 9.17) is 0 Å². The van der Waals surface area contributed by atoms with E-state index < -0.39 is 0 Å². The van der Waals surface area contributed by atoms with Crippen LogP contribution in [0.25, 0.3) is 10.8 Å². The van der Waals surface area contributed by atoms with Crippen LogP contribution >= 0.6 is 0 Å². The lowest BCUT2D eigenvalue weighted by Gasteiger charge is -2.18. The molecule has 4 nitrogen and oxygen atoms in total. The lowest BCUT2D eigenvalue weighted by atomic mass is 10.0. The molecule has 2 amide bonds. The normalized spacial score (nSPS) is 10.6. The Labute approximate surface area is 166 Å². The summed E-state index contributed by atoms with van der Waals surface area (Å²) in [7, 11) is 1.76. The Hall–Kier alpha value is -3.14. The number of amides is 2. The fraction of sp³-hybridized carbons (Fsp3) is 0.250. The molecule has 3 rings (SSSR count). The van der Waals surface area contributed by atoms with E-state index in [1.165, 1.54) is 5.56 Å². The number of hydrogen-bond donors (Lipinski definition) is 1. The standard InChI is InChI=1S/C24H26N2O2/c1-3-18-11-13-19(14-12-18)17-26(2)24(28)16-25-23(27)15-21-9-6-8-20-7-4-5-10-22(20)21/h4-14H,3,15-17H2,1-2H3,(H,25,27). The van der Waals surface area contributed by atoms with E-state index in [0.29, 0.717) is 6.54 Å². The largest absolute Gasteiger partial charge is 0.347 e. The number of fused-ring (bicyclic) bond motifs is 1. The number of nitrogens with zero attached hydrogens (tertiary/aromatic N) is 1. The zero-order valence-corrected chi connectivity index (χ0v) is 16.4. The molecule has 4 heteroatoms. The molecule has 0 spiro atoms. The van der Waals surface area contributed by atoms with Crippen molar-refractivity contribution in [1.82, 2.24) is 10.2 Å². The molecule has 0 heterocycles. The molecule has 144 valence electrons. The molecule has 0 saturated heterocycles. The predicted octanol–water partition coefficient (Wildman–Crippen LogP) is 3.72. The fourth-order valence-corrected chi connectivity index (χ4v) is 3.23. The van der Waals surface area contributed by atoms with Crippen LogP contribution < -0.4 is 5.32 Å². The van der Waals surface area contributed by atoms with Crippen molar-refractivity contribution >= 4 is 22.6 Å². The molecular formula is C24H26N2O2. The molecule has 3 aromatic rings. The van der Waals surface area contributed by atoms with E-state index in [0.717, 1.165) is 28.3 Å². The second-order valence-corrected chi connectivity index (χ2v) is 7.01. The molecule has 0 aliphatic carbocycles. The van der Waals surface area contributed by atoms with Gasteiger partial charge in [0.25, 0.3) is 0 Å². The van der Waals surface area contributed by atoms with Crippen LogP contribution in [-0.4, -0.2) is 30.3 Å². The maximum Gasteiger partial charge on any atom is 0.242 e. The summed E-state index contributed by atoms with van der Waals surface area (Å²) in [5.41, 5.74) is 3.32. The first-order valence-corrected chi connectivity index (χ1v) is 9.62. The molecule has 0 aromatic heterocycles. The number of nitrogens with one attached hydrogen (secondary N) is 1. The Kier molecular flexibility index (Phi) is 6.43. The number of carbonyl (C=O) groups is 2. The van der Waals surface area contributed by atoms with E-state index in [1.54, 1.807) is 11.9 Å². The van der Waals surface area contributed by atoms with Gasteiger partial charge in [0, 0.05) is 13.6 Å². The number of carbonyl (C=O) groups excluding carboxylic acids is 2. The molecule has 0 saturated carbocycles. The summed E-state index contributed by atoms with van der Waals surface area (Å²) in [6.45, 7) is 2.65. The average Bonchev–Trinajstić information content (AvgIpc) is 2.73. The topological polar surface area (TPSA) is 49.4 Å². The van der Waals surface area contributed by atoms with Crippen LogP contribution in [0.3, 0.4) is 0 Å². The van der Waals surface area contributed by atoms with Crippen LogP contribution in [0.5, 0.6) is 0 Å². The van der Waals surface area contributed by atoms with Crippen LogP contribution in [0.1, 0.15) is 23.6 Å². The lowest BCUT2D eigenvalue weighted by Crippen LogP contribution is -2.38. The van der Waals surface area contributed by atoms with Crippen molar-refractivity contribution < 1.29 is 9.59 Å². The summed E-state index contributed by atoms with van der Waals surface area (Å²) >= 11 is 0. The van der Waals surface area contributed by atoms with Gasteiger partial charge in [0.05, 0.1) is 13.0 Å². The molecule has 0 atom stereocenters. The minimum absolute atomic E-state index is 0.00709. The summed E-state index contributed by atoms with van der Waals surface area (Å²) < 4.78 is 0. The molecule has 0 aliphatic rings. The van der Waals surface area contributed by atoms with Crippen molar-refractivity contribution in [2.45, 2.75) is 26.3 Å². The minimum Gasteiger partial charge on any atom is -0.347 e. The van der Waals surface area contributed by atoms with Crippen molar-refractivity contribution in [2.24, 2.45) is 0 Å². The third kappa shape index (κ3) is 4.97. The van der Waals surface area contributed by atoms with Gasteiger partial charge in [-0.25, -0.2) is 0 Å². The summed E-state index contributed by atoms with van der Waals surface area (Å²) in [6, 6.07) is 22.2. The van der Waals surface area contributed by atoms with Gasteiger partial charge in [-0.15, -0.1) is 0 Å². The van der Waals surface area contributed by atoms with Gasteiger partial charge in [-0.3, -0.25) is 9.59 Å². The maximum atomic E-state index is 12.4. The van der Waals surface area contributed by atoms with Crippen molar-refractivity contribution in [3.8, 4) is 0 Å². The zero-order chi connectivity index (χ0) is 19.9. The van der Waals surface area contributed by atoms with Crippen molar-refractivity contribution in [2.75, 3.05) is 13.6 Å². The summed E-state index contributed by atoms with van der Waals surface area (Å²) in [5, 5.41) is 4.93. The second kappa shape index (κ2) is 9.18. The average molecular weight is 374 g/mol. The van der Waals surface area contributed by atoms with Crippen LogP contribution in [0.4, 0.5) is 0 Å². The highest BCUT2D eigenvalue weighted by Crippen LogP contribution is 2.18. The van der Waals surface area contributed by atoms with Crippen LogP contribution in [0, 0.1) is 0 Å². The van der Waals surface area contributed by atoms with Gasteiger partial charge in [0.2, 0.25) is 11.8 Å². The molecular weight excluding hydrogens is 348 g/mol. The van der Waals surface area contributed by atoms with E-state index >= 15 is 0 Å². The molecule has 0 aliphatic heterocycles. The van der Waals surface area contributed by atoms with Crippen molar-refractivity contribution in [1.29, 1.82) is 0 Å². The van der Waals surface area contributed by atoms with Crippen molar-refractivity contribution in [3.63, 3.8) is 0 Å². The summed E-state index contributed by atoms with van der Waals surface area (Å²) in [4.78, 5) is 26.3. The Morgan fingerprint density at radius 3 is 2.32 bits per heavy atom. The van der Waals surface area contributed by atoms with Gasteiger partial charge in [-0.2, -0.15) is 0 Å². The summed E-state index contributed by atoms with van der Waals surface area (Å²) in [5.74, 6) is -0.253. The van der Waals surface area contributed by atoms with E-state index in [9.17, 15) is 9.59 Å². The highest BCUT2D eigenvalue weighted by atomic mass is 16.2. The molecule has 0 bridgehead atoms. The van der Waals surface area contributed by atoms with Crippen LogP contribution in [0.15, 0.2) is 66.7 Å². The first-order chi connectivity index (χ1) is 13.6. The van der Waals surface area contributed by atoms with E-state index in [2.05, 4.69) is 24.4 Å². The minimum atomic E-state index is -0.148. The Morgan fingerprint density at radius 1 is 0.893 bits per heavy atom. The van der Waals surface area contributed by atoms with Gasteiger partial charge >= 0.3 is 0 Å². The molecule has 3 aromatic carbocycles. The first-order valence-electron chi connectivity index (χ1n) is 9.62. The smallest absolute Gasteiger partial charge is 0.242 e. The molecule has 1 N–H and O–H groups in total. The number of benzene rings is 3. The highest BCUT2D eigenvalue weighted by molar-refractivity contribution is 5.91. The van der Waals surface area contributed by atoms with Gasteiger partial charge < -0.3 is 10.2 Å². The third-order valence-electron chi connectivity index (χ3n) is 4.94. The van der Waals surface area contributed by atoms with Crippen LogP contribution in [0.2, 0.25) is 0 Å². The predicted molar refractivity (Wildman–Crippen MR) is 113 cm³/mol. The highest BCUT2D eigenvalue weighted by Gasteiger charge is 2.12.